The third kappa shape index (κ3) is 4.26. The van der Waals surface area contributed by atoms with Gasteiger partial charge in [-0.25, -0.2) is 4.39 Å². The highest BCUT2D eigenvalue weighted by atomic mass is 79.9. The van der Waals surface area contributed by atoms with E-state index in [1.54, 1.807) is 0 Å². The fourth-order valence-electron chi connectivity index (χ4n) is 3.73. The lowest BCUT2D eigenvalue weighted by Gasteiger charge is -2.18. The van der Waals surface area contributed by atoms with Crippen LogP contribution < -0.4 is 0 Å². The van der Waals surface area contributed by atoms with Gasteiger partial charge in [0, 0.05) is 11.1 Å². The van der Waals surface area contributed by atoms with Crippen LogP contribution in [0.4, 0.5) is 4.39 Å². The van der Waals surface area contributed by atoms with Crippen LogP contribution in [0.15, 0.2) is 76.2 Å². The summed E-state index contributed by atoms with van der Waals surface area (Å²) in [6, 6.07) is 23.4. The molecule has 30 heavy (non-hydrogen) atoms. The fourth-order valence-corrected chi connectivity index (χ4v) is 4.19. The van der Waals surface area contributed by atoms with Gasteiger partial charge >= 0.3 is 0 Å². The molecule has 0 fully saturated rings. The Kier molecular flexibility index (Phi) is 6.16. The van der Waals surface area contributed by atoms with Gasteiger partial charge in [-0.15, -0.1) is 0 Å². The highest BCUT2D eigenvalue weighted by Crippen LogP contribution is 2.37. The maximum absolute atomic E-state index is 13.6. The second-order valence-electron chi connectivity index (χ2n) is 7.48. The van der Waals surface area contributed by atoms with Gasteiger partial charge in [0.1, 0.15) is 5.82 Å². The Bertz CT molecular complexity index is 1230. The minimum atomic E-state index is -0.245. The molecule has 0 spiro atoms. The van der Waals surface area contributed by atoms with Crippen molar-refractivity contribution < 1.29 is 4.39 Å². The first-order valence-corrected chi connectivity index (χ1v) is 11.3. The first-order chi connectivity index (χ1) is 14.4. The molecule has 0 aliphatic heterocycles. The van der Waals surface area contributed by atoms with Gasteiger partial charge in [-0.1, -0.05) is 68.4 Å². The minimum absolute atomic E-state index is 0.213. The molecular formula is C26H20Br2FN. The van der Waals surface area contributed by atoms with Gasteiger partial charge in [-0.05, 0) is 84.0 Å². The first-order valence-electron chi connectivity index (χ1n) is 9.75. The van der Waals surface area contributed by atoms with Crippen LogP contribution in [0.25, 0.3) is 39.2 Å². The molecule has 0 saturated heterocycles. The zero-order valence-electron chi connectivity index (χ0n) is 16.7. The molecule has 4 aromatic rings. The van der Waals surface area contributed by atoms with Gasteiger partial charge in [-0.2, -0.15) is 0 Å². The van der Waals surface area contributed by atoms with E-state index in [1.807, 2.05) is 24.3 Å². The lowest BCUT2D eigenvalue weighted by molar-refractivity contribution is 0.628. The van der Waals surface area contributed by atoms with Crippen molar-refractivity contribution in [1.29, 1.82) is 0 Å². The molecule has 0 unspecified atom stereocenters. The van der Waals surface area contributed by atoms with Crippen LogP contribution in [-0.4, -0.2) is 4.98 Å². The lowest BCUT2D eigenvalue weighted by atomic mass is 9.91. The van der Waals surface area contributed by atoms with Crippen LogP contribution in [0.2, 0.25) is 0 Å². The van der Waals surface area contributed by atoms with Crippen molar-refractivity contribution in [2.75, 3.05) is 0 Å². The standard InChI is InChI=1S/C26H20Br2FN/c1-16(2)26-23(15-25(27)28)22(18-10-12-19(29)13-11-18)14-24(30-26)21-9-5-7-17-6-3-4-8-20(17)21/h3-16H,1-2H3. The maximum atomic E-state index is 13.6. The molecule has 0 amide bonds. The Morgan fingerprint density at radius 2 is 1.60 bits per heavy atom. The average Bonchev–Trinajstić information content (AvgIpc) is 2.73. The number of aromatic nitrogens is 1. The van der Waals surface area contributed by atoms with Crippen LogP contribution in [0.1, 0.15) is 31.0 Å². The third-order valence-corrected chi connectivity index (χ3v) is 5.57. The highest BCUT2D eigenvalue weighted by molar-refractivity contribution is 9.28. The van der Waals surface area contributed by atoms with Gasteiger partial charge < -0.3 is 0 Å². The molecule has 4 heteroatoms. The quantitative estimate of drug-likeness (QED) is 0.259. The Morgan fingerprint density at radius 3 is 2.30 bits per heavy atom. The van der Waals surface area contributed by atoms with E-state index in [-0.39, 0.29) is 11.7 Å². The van der Waals surface area contributed by atoms with Gasteiger partial charge in [0.15, 0.2) is 0 Å². The van der Waals surface area contributed by atoms with Crippen molar-refractivity contribution in [2.24, 2.45) is 0 Å². The van der Waals surface area contributed by atoms with E-state index >= 15 is 0 Å². The minimum Gasteiger partial charge on any atom is -0.252 e. The Morgan fingerprint density at radius 1 is 0.900 bits per heavy atom. The molecule has 0 radical (unpaired) electrons. The number of hydrogen-bond acceptors (Lipinski definition) is 1. The molecule has 1 heterocycles. The number of hydrogen-bond donors (Lipinski definition) is 0. The number of halogens is 3. The Hall–Kier alpha value is -2.30. The van der Waals surface area contributed by atoms with E-state index in [0.29, 0.717) is 0 Å². The normalized spacial score (nSPS) is 11.1. The molecule has 1 nitrogen and oxygen atoms in total. The van der Waals surface area contributed by atoms with Crippen LogP contribution >= 0.6 is 31.9 Å². The molecule has 4 rings (SSSR count). The molecule has 1 aromatic heterocycles. The Balaban J connectivity index is 2.06. The predicted octanol–water partition coefficient (Wildman–Crippen LogP) is 8.92. The van der Waals surface area contributed by atoms with Crippen LogP contribution in [0, 0.1) is 5.82 Å². The summed E-state index contributed by atoms with van der Waals surface area (Å²) < 4.78 is 14.4. The second kappa shape index (κ2) is 8.83. The predicted molar refractivity (Wildman–Crippen MR) is 132 cm³/mol. The largest absolute Gasteiger partial charge is 0.252 e. The summed E-state index contributed by atoms with van der Waals surface area (Å²) in [5.41, 5.74) is 5.99. The van der Waals surface area contributed by atoms with Crippen molar-refractivity contribution in [2.45, 2.75) is 19.8 Å². The van der Waals surface area contributed by atoms with Crippen molar-refractivity contribution >= 4 is 48.7 Å². The van der Waals surface area contributed by atoms with Crippen LogP contribution in [0.5, 0.6) is 0 Å². The van der Waals surface area contributed by atoms with E-state index in [0.717, 1.165) is 42.4 Å². The summed E-state index contributed by atoms with van der Waals surface area (Å²) in [6.45, 7) is 4.28. The van der Waals surface area contributed by atoms with Gasteiger partial charge in [-0.3, -0.25) is 4.98 Å². The van der Waals surface area contributed by atoms with E-state index < -0.39 is 0 Å². The number of nitrogens with zero attached hydrogens (tertiary/aromatic N) is 1. The summed E-state index contributed by atoms with van der Waals surface area (Å²) in [7, 11) is 0. The number of benzene rings is 3. The Labute approximate surface area is 192 Å². The van der Waals surface area contributed by atoms with Gasteiger partial charge in [0.25, 0.3) is 0 Å². The monoisotopic (exact) mass is 523 g/mol. The van der Waals surface area contributed by atoms with Crippen molar-refractivity contribution in [1.82, 2.24) is 4.98 Å². The summed E-state index contributed by atoms with van der Waals surface area (Å²) in [5, 5.41) is 2.34. The van der Waals surface area contributed by atoms with Crippen LogP contribution in [-0.2, 0) is 0 Å². The van der Waals surface area contributed by atoms with Crippen LogP contribution in [0.3, 0.4) is 0 Å². The lowest BCUT2D eigenvalue weighted by Crippen LogP contribution is -2.02. The third-order valence-electron chi connectivity index (χ3n) is 5.11. The van der Waals surface area contributed by atoms with Gasteiger partial charge in [0.2, 0.25) is 0 Å². The topological polar surface area (TPSA) is 12.9 Å². The van der Waals surface area contributed by atoms with E-state index in [2.05, 4.69) is 88.2 Å². The van der Waals surface area contributed by atoms with Crippen molar-refractivity contribution in [3.63, 3.8) is 0 Å². The molecule has 3 aromatic carbocycles. The molecule has 0 bridgehead atoms. The first kappa shape index (κ1) is 21.0. The maximum Gasteiger partial charge on any atom is 0.123 e. The molecule has 0 N–H and O–H groups in total. The number of rotatable bonds is 4. The van der Waals surface area contributed by atoms with Crippen molar-refractivity contribution in [3.8, 4) is 22.4 Å². The molecule has 150 valence electrons. The molecule has 0 atom stereocenters. The van der Waals surface area contributed by atoms with E-state index in [9.17, 15) is 4.39 Å². The number of pyridine rings is 1. The zero-order chi connectivity index (χ0) is 21.3. The second-order valence-corrected chi connectivity index (χ2v) is 10.2. The fraction of sp³-hybridized carbons (Fsp3) is 0.115. The molecule has 0 saturated carbocycles. The smallest absolute Gasteiger partial charge is 0.123 e. The van der Waals surface area contributed by atoms with Gasteiger partial charge in [0.05, 0.1) is 14.8 Å². The van der Waals surface area contributed by atoms with E-state index in [1.165, 1.54) is 17.5 Å². The summed E-state index contributed by atoms with van der Waals surface area (Å²) in [6.07, 6.45) is 2.02. The average molecular weight is 525 g/mol. The summed E-state index contributed by atoms with van der Waals surface area (Å²) in [5.74, 6) is -0.0327. The molecular weight excluding hydrogens is 505 g/mol. The van der Waals surface area contributed by atoms with E-state index in [4.69, 9.17) is 4.98 Å². The number of fused-ring (bicyclic) bond motifs is 1. The summed E-state index contributed by atoms with van der Waals surface area (Å²) >= 11 is 7.00. The molecule has 0 aliphatic carbocycles. The SMILES string of the molecule is CC(C)c1nc(-c2cccc3ccccc23)cc(-c2ccc(F)cc2)c1C=C(Br)Br. The summed E-state index contributed by atoms with van der Waals surface area (Å²) in [4.78, 5) is 5.09. The zero-order valence-corrected chi connectivity index (χ0v) is 19.8. The molecule has 0 aliphatic rings. The van der Waals surface area contributed by atoms with Crippen molar-refractivity contribution in [3.05, 3.63) is 93.3 Å². The highest BCUT2D eigenvalue weighted by Gasteiger charge is 2.17.